The average molecular weight is 577 g/mol. The highest BCUT2D eigenvalue weighted by molar-refractivity contribution is 5.87. The second-order valence-electron chi connectivity index (χ2n) is 9.27. The summed E-state index contributed by atoms with van der Waals surface area (Å²) in [6.07, 6.45) is 1.20. The Kier molecular flexibility index (Phi) is 12.6. The molecule has 0 amide bonds. The lowest BCUT2D eigenvalue weighted by atomic mass is 10.0. The number of carbonyl (C=O) groups excluding carboxylic acids is 2. The van der Waals surface area contributed by atoms with Gasteiger partial charge in [0.15, 0.2) is 0 Å². The molecule has 1 atom stereocenters. The number of ether oxygens (including phenoxy) is 4. The number of rotatable bonds is 14. The van der Waals surface area contributed by atoms with Gasteiger partial charge in [0.25, 0.3) is 0 Å². The maximum absolute atomic E-state index is 12.4. The van der Waals surface area contributed by atoms with Crippen molar-refractivity contribution in [1.29, 1.82) is 0 Å². The Labute approximate surface area is 244 Å². The molecular formula is C33H33FO8. The van der Waals surface area contributed by atoms with Gasteiger partial charge in [0.05, 0.1) is 31.4 Å². The van der Waals surface area contributed by atoms with Crippen LogP contribution in [0.3, 0.4) is 0 Å². The van der Waals surface area contributed by atoms with Gasteiger partial charge < -0.3 is 29.2 Å². The van der Waals surface area contributed by atoms with Gasteiger partial charge in [-0.1, -0.05) is 42.7 Å². The van der Waals surface area contributed by atoms with Crippen molar-refractivity contribution in [3.8, 4) is 34.5 Å². The first-order valence-electron chi connectivity index (χ1n) is 13.2. The minimum Gasteiger partial charge on any atom is -0.457 e. The summed E-state index contributed by atoms with van der Waals surface area (Å²) in [4.78, 5) is 23.6. The van der Waals surface area contributed by atoms with Crippen molar-refractivity contribution >= 4 is 11.9 Å². The van der Waals surface area contributed by atoms with E-state index >= 15 is 0 Å². The molecule has 0 aromatic heterocycles. The monoisotopic (exact) mass is 576 g/mol. The molecule has 3 aromatic rings. The molecule has 0 spiro atoms. The number of aliphatic hydroxyl groups is 2. The van der Waals surface area contributed by atoms with Crippen LogP contribution < -0.4 is 9.47 Å². The fraction of sp³-hybridized carbons (Fsp3) is 0.273. The number of aryl methyl sites for hydroxylation is 1. The fourth-order valence-electron chi connectivity index (χ4n) is 3.51. The largest absolute Gasteiger partial charge is 0.457 e. The standard InChI is InChI=1S/C33H33FO8/c1-23(19-35)32(37)41-21-39-30-16-29(17-31(18-30)40-22-42-33(38)24(2)20-36)28-13-11-27(12-14-28)10-9-26-7-5-25(6-8-26)4-3-15-34/h5-8,11-14,16-18,24,35-36H,1,3-4,15,19-22H2,2H3. The van der Waals surface area contributed by atoms with Crippen LogP contribution in [0, 0.1) is 17.8 Å². The molecular weight excluding hydrogens is 543 g/mol. The summed E-state index contributed by atoms with van der Waals surface area (Å²) in [6.45, 7) is 2.90. The zero-order chi connectivity index (χ0) is 30.3. The maximum atomic E-state index is 12.4. The van der Waals surface area contributed by atoms with Crippen LogP contribution in [0.5, 0.6) is 11.5 Å². The molecule has 0 saturated heterocycles. The number of benzene rings is 3. The summed E-state index contributed by atoms with van der Waals surface area (Å²) in [7, 11) is 0. The van der Waals surface area contributed by atoms with Crippen molar-refractivity contribution in [1.82, 2.24) is 0 Å². The Hall–Kier alpha value is -4.65. The highest BCUT2D eigenvalue weighted by atomic mass is 19.1. The van der Waals surface area contributed by atoms with Gasteiger partial charge in [0, 0.05) is 17.2 Å². The van der Waals surface area contributed by atoms with Crippen LogP contribution in [0.15, 0.2) is 78.9 Å². The number of carbonyl (C=O) groups is 2. The number of aliphatic hydroxyl groups excluding tert-OH is 2. The smallest absolute Gasteiger partial charge is 0.338 e. The lowest BCUT2D eigenvalue weighted by Crippen LogP contribution is -2.20. The Morgan fingerprint density at radius 2 is 1.43 bits per heavy atom. The fourth-order valence-corrected chi connectivity index (χ4v) is 3.51. The predicted molar refractivity (Wildman–Crippen MR) is 154 cm³/mol. The summed E-state index contributed by atoms with van der Waals surface area (Å²) >= 11 is 0. The van der Waals surface area contributed by atoms with E-state index in [2.05, 4.69) is 18.4 Å². The lowest BCUT2D eigenvalue weighted by Gasteiger charge is -2.14. The van der Waals surface area contributed by atoms with Crippen molar-refractivity contribution in [2.45, 2.75) is 19.8 Å². The van der Waals surface area contributed by atoms with Gasteiger partial charge >= 0.3 is 11.9 Å². The zero-order valence-corrected chi connectivity index (χ0v) is 23.3. The van der Waals surface area contributed by atoms with Crippen molar-refractivity contribution in [2.24, 2.45) is 5.92 Å². The molecule has 0 bridgehead atoms. The van der Waals surface area contributed by atoms with Crippen LogP contribution in [-0.2, 0) is 25.5 Å². The van der Waals surface area contributed by atoms with Gasteiger partial charge in [0.2, 0.25) is 13.6 Å². The van der Waals surface area contributed by atoms with Gasteiger partial charge in [-0.05, 0) is 72.9 Å². The Balaban J connectivity index is 1.74. The molecule has 0 radical (unpaired) electrons. The van der Waals surface area contributed by atoms with Gasteiger partial charge in [-0.2, -0.15) is 0 Å². The topological polar surface area (TPSA) is 112 Å². The van der Waals surface area contributed by atoms with Crippen LogP contribution in [0.2, 0.25) is 0 Å². The molecule has 0 aliphatic carbocycles. The molecule has 0 fully saturated rings. The van der Waals surface area contributed by atoms with Crippen molar-refractivity contribution in [3.05, 3.63) is 95.6 Å². The van der Waals surface area contributed by atoms with Crippen LogP contribution in [0.1, 0.15) is 30.0 Å². The van der Waals surface area contributed by atoms with E-state index in [4.69, 9.17) is 29.2 Å². The molecule has 9 heteroatoms. The molecule has 42 heavy (non-hydrogen) atoms. The first kappa shape index (κ1) is 31.9. The molecule has 3 rings (SSSR count). The van der Waals surface area contributed by atoms with E-state index in [1.165, 1.54) is 13.0 Å². The molecule has 3 aromatic carbocycles. The van der Waals surface area contributed by atoms with Gasteiger partial charge in [-0.3, -0.25) is 9.18 Å². The third-order valence-corrected chi connectivity index (χ3v) is 6.00. The van der Waals surface area contributed by atoms with Gasteiger partial charge in [-0.15, -0.1) is 0 Å². The highest BCUT2D eigenvalue weighted by Gasteiger charge is 2.14. The Morgan fingerprint density at radius 1 is 0.857 bits per heavy atom. The molecule has 8 nitrogen and oxygen atoms in total. The summed E-state index contributed by atoms with van der Waals surface area (Å²) in [5, 5.41) is 18.1. The summed E-state index contributed by atoms with van der Waals surface area (Å²) in [5.41, 5.74) is 4.13. The van der Waals surface area contributed by atoms with Gasteiger partial charge in [0.1, 0.15) is 11.5 Å². The molecule has 0 aliphatic heterocycles. The van der Waals surface area contributed by atoms with E-state index in [9.17, 15) is 14.0 Å². The molecule has 2 N–H and O–H groups in total. The molecule has 0 saturated carbocycles. The van der Waals surface area contributed by atoms with E-state index in [1.54, 1.807) is 12.1 Å². The van der Waals surface area contributed by atoms with Crippen molar-refractivity contribution in [2.75, 3.05) is 33.5 Å². The minimum absolute atomic E-state index is 0.107. The van der Waals surface area contributed by atoms with Gasteiger partial charge in [-0.25, -0.2) is 4.79 Å². The van der Waals surface area contributed by atoms with E-state index in [0.29, 0.717) is 29.9 Å². The van der Waals surface area contributed by atoms with Crippen LogP contribution in [0.25, 0.3) is 11.1 Å². The minimum atomic E-state index is -0.792. The van der Waals surface area contributed by atoms with E-state index in [-0.39, 0.29) is 25.6 Å². The number of hydrogen-bond donors (Lipinski definition) is 2. The van der Waals surface area contributed by atoms with Crippen LogP contribution in [-0.4, -0.2) is 55.6 Å². The average Bonchev–Trinajstić information content (AvgIpc) is 3.02. The zero-order valence-electron chi connectivity index (χ0n) is 23.3. The third kappa shape index (κ3) is 10.1. The van der Waals surface area contributed by atoms with E-state index in [1.807, 2.05) is 48.5 Å². The Morgan fingerprint density at radius 3 is 1.98 bits per heavy atom. The maximum Gasteiger partial charge on any atom is 0.338 e. The second-order valence-corrected chi connectivity index (χ2v) is 9.27. The number of halogens is 1. The molecule has 0 aliphatic rings. The molecule has 1 unspecified atom stereocenters. The molecule has 0 heterocycles. The van der Waals surface area contributed by atoms with Crippen LogP contribution in [0.4, 0.5) is 4.39 Å². The van der Waals surface area contributed by atoms with Crippen molar-refractivity contribution in [3.63, 3.8) is 0 Å². The number of hydrogen-bond acceptors (Lipinski definition) is 8. The quantitative estimate of drug-likeness (QED) is 0.124. The normalized spacial score (nSPS) is 11.0. The predicted octanol–water partition coefficient (Wildman–Crippen LogP) is 4.59. The summed E-state index contributed by atoms with van der Waals surface area (Å²) in [6, 6.07) is 20.2. The van der Waals surface area contributed by atoms with E-state index < -0.39 is 31.3 Å². The Bertz CT molecular complexity index is 1400. The second kappa shape index (κ2) is 16.6. The summed E-state index contributed by atoms with van der Waals surface area (Å²) < 4.78 is 33.5. The van der Waals surface area contributed by atoms with Crippen LogP contribution >= 0.6 is 0 Å². The summed E-state index contributed by atoms with van der Waals surface area (Å²) in [5.74, 6) is 4.79. The first-order valence-corrected chi connectivity index (χ1v) is 13.2. The van der Waals surface area contributed by atoms with E-state index in [0.717, 1.165) is 22.3 Å². The molecule has 220 valence electrons. The SMILES string of the molecule is C=C(CO)C(=O)OCOc1cc(OCOC(=O)C(C)CO)cc(-c2ccc(C#Cc3ccc(CCCF)cc3)cc2)c1. The lowest BCUT2D eigenvalue weighted by molar-refractivity contribution is -0.155. The van der Waals surface area contributed by atoms with Crippen molar-refractivity contribution < 1.29 is 43.1 Å². The third-order valence-electron chi connectivity index (χ3n) is 6.00. The first-order chi connectivity index (χ1) is 20.3. The number of esters is 2. The highest BCUT2D eigenvalue weighted by Crippen LogP contribution is 2.30. The number of alkyl halides is 1.